The van der Waals surface area contributed by atoms with E-state index in [1.54, 1.807) is 37.1 Å². The van der Waals surface area contributed by atoms with Crippen LogP contribution in [0.25, 0.3) is 0 Å². The molecule has 0 aromatic heterocycles. The molecule has 0 saturated carbocycles. The van der Waals surface area contributed by atoms with Gasteiger partial charge in [-0.15, -0.1) is 0 Å². The molecule has 3 aromatic rings. The molecule has 1 N–H and O–H groups in total. The molecule has 0 bridgehead atoms. The number of nitrogens with zero attached hydrogens (tertiary/aromatic N) is 2. The van der Waals surface area contributed by atoms with Crippen LogP contribution in [0.3, 0.4) is 0 Å². The lowest BCUT2D eigenvalue weighted by Gasteiger charge is -2.36. The number of hydrogen-bond donors (Lipinski definition) is 1. The number of rotatable bonds is 6. The Morgan fingerprint density at radius 2 is 1.60 bits per heavy atom. The maximum atomic E-state index is 13.3. The standard InChI is InChI=1S/C27H31N3O4S/c1-19-8-7-9-23(21(19)3)28-35(32,33)26-18-22(13-12-20(26)2)27(31)30-16-14-29(15-17-30)24-10-5-6-11-25(24)34-4/h5-13,18,28H,14-17H2,1-4H3. The van der Waals surface area contributed by atoms with E-state index in [9.17, 15) is 13.2 Å². The van der Waals surface area contributed by atoms with Gasteiger partial charge in [-0.05, 0) is 67.8 Å². The maximum Gasteiger partial charge on any atom is 0.262 e. The number of carbonyl (C=O) groups excluding carboxylic acids is 1. The Balaban J connectivity index is 1.51. The number of ether oxygens (including phenoxy) is 1. The first-order valence-electron chi connectivity index (χ1n) is 11.6. The molecule has 4 rings (SSSR count). The van der Waals surface area contributed by atoms with Gasteiger partial charge in [-0.3, -0.25) is 9.52 Å². The molecule has 1 aliphatic rings. The lowest BCUT2D eigenvalue weighted by Crippen LogP contribution is -2.48. The van der Waals surface area contributed by atoms with Crippen molar-refractivity contribution in [1.82, 2.24) is 4.90 Å². The van der Waals surface area contributed by atoms with Crippen LogP contribution in [0.15, 0.2) is 65.6 Å². The van der Waals surface area contributed by atoms with E-state index in [0.29, 0.717) is 43.0 Å². The Morgan fingerprint density at radius 1 is 0.886 bits per heavy atom. The first-order chi connectivity index (χ1) is 16.7. The summed E-state index contributed by atoms with van der Waals surface area (Å²) >= 11 is 0. The summed E-state index contributed by atoms with van der Waals surface area (Å²) in [5.41, 5.74) is 4.35. The highest BCUT2D eigenvalue weighted by Gasteiger charge is 2.26. The molecular weight excluding hydrogens is 462 g/mol. The van der Waals surface area contributed by atoms with Gasteiger partial charge in [0.1, 0.15) is 5.75 Å². The molecule has 0 radical (unpaired) electrons. The van der Waals surface area contributed by atoms with Crippen LogP contribution in [-0.4, -0.2) is 52.5 Å². The molecule has 0 unspecified atom stereocenters. The summed E-state index contributed by atoms with van der Waals surface area (Å²) in [5.74, 6) is 0.630. The second kappa shape index (κ2) is 10.00. The van der Waals surface area contributed by atoms with E-state index >= 15 is 0 Å². The third kappa shape index (κ3) is 5.12. The third-order valence-corrected chi connectivity index (χ3v) is 8.07. The summed E-state index contributed by atoms with van der Waals surface area (Å²) in [6, 6.07) is 18.2. The van der Waals surface area contributed by atoms with Crippen LogP contribution in [0.4, 0.5) is 11.4 Å². The van der Waals surface area contributed by atoms with Gasteiger partial charge in [0, 0.05) is 31.7 Å². The van der Waals surface area contributed by atoms with E-state index in [2.05, 4.69) is 9.62 Å². The van der Waals surface area contributed by atoms with Crippen LogP contribution in [0.1, 0.15) is 27.0 Å². The molecule has 1 aliphatic heterocycles. The van der Waals surface area contributed by atoms with E-state index in [-0.39, 0.29) is 10.8 Å². The number of para-hydroxylation sites is 2. The number of carbonyl (C=O) groups is 1. The van der Waals surface area contributed by atoms with Gasteiger partial charge in [0.25, 0.3) is 15.9 Å². The molecule has 1 amide bonds. The number of amides is 1. The third-order valence-electron chi connectivity index (χ3n) is 6.57. The minimum Gasteiger partial charge on any atom is -0.495 e. The number of piperazine rings is 1. The lowest BCUT2D eigenvalue weighted by atomic mass is 10.1. The van der Waals surface area contributed by atoms with Crippen molar-refractivity contribution in [3.63, 3.8) is 0 Å². The van der Waals surface area contributed by atoms with Crippen molar-refractivity contribution in [3.8, 4) is 5.75 Å². The highest BCUT2D eigenvalue weighted by Crippen LogP contribution is 2.29. The van der Waals surface area contributed by atoms with Crippen LogP contribution in [0.2, 0.25) is 0 Å². The molecule has 1 heterocycles. The molecule has 0 spiro atoms. The molecule has 0 atom stereocenters. The summed E-state index contributed by atoms with van der Waals surface area (Å²) in [5, 5.41) is 0. The molecule has 3 aromatic carbocycles. The van der Waals surface area contributed by atoms with Gasteiger partial charge < -0.3 is 14.5 Å². The average molecular weight is 494 g/mol. The fourth-order valence-electron chi connectivity index (χ4n) is 4.31. The smallest absolute Gasteiger partial charge is 0.262 e. The molecule has 1 fully saturated rings. The predicted molar refractivity (Wildman–Crippen MR) is 139 cm³/mol. The second-order valence-corrected chi connectivity index (χ2v) is 10.4. The van der Waals surface area contributed by atoms with Crippen LogP contribution in [-0.2, 0) is 10.0 Å². The van der Waals surface area contributed by atoms with E-state index < -0.39 is 10.0 Å². The number of aryl methyl sites for hydroxylation is 2. The minimum absolute atomic E-state index is 0.108. The maximum absolute atomic E-state index is 13.3. The summed E-state index contributed by atoms with van der Waals surface area (Å²) in [6.07, 6.45) is 0. The zero-order valence-electron chi connectivity index (χ0n) is 20.5. The molecule has 7 nitrogen and oxygen atoms in total. The van der Waals surface area contributed by atoms with Crippen molar-refractivity contribution in [2.45, 2.75) is 25.7 Å². The van der Waals surface area contributed by atoms with Gasteiger partial charge in [0.2, 0.25) is 0 Å². The number of methoxy groups -OCH3 is 1. The predicted octanol–water partition coefficient (Wildman–Crippen LogP) is 4.38. The molecular formula is C27H31N3O4S. The van der Waals surface area contributed by atoms with Gasteiger partial charge in [0.05, 0.1) is 23.4 Å². The Bertz CT molecular complexity index is 1350. The normalized spacial score (nSPS) is 14.1. The molecule has 184 valence electrons. The Hall–Kier alpha value is -3.52. The fourth-order valence-corrected chi connectivity index (χ4v) is 5.70. The van der Waals surface area contributed by atoms with Gasteiger partial charge in [-0.2, -0.15) is 0 Å². The van der Waals surface area contributed by atoms with Gasteiger partial charge in [0.15, 0.2) is 0 Å². The Morgan fingerprint density at radius 3 is 2.31 bits per heavy atom. The monoisotopic (exact) mass is 493 g/mol. The molecule has 8 heteroatoms. The van der Waals surface area contributed by atoms with Gasteiger partial charge >= 0.3 is 0 Å². The Labute approximate surface area is 207 Å². The molecule has 35 heavy (non-hydrogen) atoms. The van der Waals surface area contributed by atoms with Crippen molar-refractivity contribution in [3.05, 3.63) is 82.9 Å². The van der Waals surface area contributed by atoms with Crippen LogP contribution < -0.4 is 14.4 Å². The average Bonchev–Trinajstić information content (AvgIpc) is 2.86. The SMILES string of the molecule is COc1ccccc1N1CCN(C(=O)c2ccc(C)c(S(=O)(=O)Nc3cccc(C)c3C)c2)CC1. The lowest BCUT2D eigenvalue weighted by molar-refractivity contribution is 0.0746. The number of benzene rings is 3. The first kappa shape index (κ1) is 24.6. The number of hydrogen-bond acceptors (Lipinski definition) is 5. The number of nitrogens with one attached hydrogen (secondary N) is 1. The minimum atomic E-state index is -3.87. The van der Waals surface area contributed by atoms with Crippen molar-refractivity contribution < 1.29 is 17.9 Å². The van der Waals surface area contributed by atoms with E-state index in [1.807, 2.05) is 50.2 Å². The van der Waals surface area contributed by atoms with Crippen LogP contribution >= 0.6 is 0 Å². The second-order valence-electron chi connectivity index (χ2n) is 8.78. The van der Waals surface area contributed by atoms with Crippen molar-refractivity contribution >= 4 is 27.3 Å². The highest BCUT2D eigenvalue weighted by atomic mass is 32.2. The first-order valence-corrected chi connectivity index (χ1v) is 13.1. The summed E-state index contributed by atoms with van der Waals surface area (Å²) < 4.78 is 34.6. The van der Waals surface area contributed by atoms with Crippen LogP contribution in [0.5, 0.6) is 5.75 Å². The van der Waals surface area contributed by atoms with Gasteiger partial charge in [-0.1, -0.05) is 30.3 Å². The number of sulfonamides is 1. The zero-order valence-corrected chi connectivity index (χ0v) is 21.4. The van der Waals surface area contributed by atoms with Crippen LogP contribution in [0, 0.1) is 20.8 Å². The van der Waals surface area contributed by atoms with Crippen molar-refractivity contribution in [1.29, 1.82) is 0 Å². The largest absolute Gasteiger partial charge is 0.495 e. The number of anilines is 2. The van der Waals surface area contributed by atoms with Crippen molar-refractivity contribution in [2.24, 2.45) is 0 Å². The van der Waals surface area contributed by atoms with E-state index in [1.165, 1.54) is 6.07 Å². The quantitative estimate of drug-likeness (QED) is 0.551. The fraction of sp³-hybridized carbons (Fsp3) is 0.296. The van der Waals surface area contributed by atoms with E-state index in [0.717, 1.165) is 22.6 Å². The van der Waals surface area contributed by atoms with Gasteiger partial charge in [-0.25, -0.2) is 8.42 Å². The Kier molecular flexibility index (Phi) is 7.03. The summed E-state index contributed by atoms with van der Waals surface area (Å²) in [4.78, 5) is 17.4. The highest BCUT2D eigenvalue weighted by molar-refractivity contribution is 7.92. The molecule has 1 saturated heterocycles. The topological polar surface area (TPSA) is 79.0 Å². The van der Waals surface area contributed by atoms with Crippen molar-refractivity contribution in [2.75, 3.05) is 42.9 Å². The summed E-state index contributed by atoms with van der Waals surface area (Å²) in [7, 11) is -2.22. The zero-order chi connectivity index (χ0) is 25.2. The molecule has 0 aliphatic carbocycles. The van der Waals surface area contributed by atoms with E-state index in [4.69, 9.17) is 4.74 Å². The summed E-state index contributed by atoms with van der Waals surface area (Å²) in [6.45, 7) is 7.95.